The van der Waals surface area contributed by atoms with Crippen LogP contribution in [-0.4, -0.2) is 33.9 Å². The number of sulfonamides is 1. The zero-order valence-corrected chi connectivity index (χ0v) is 19.9. The molecule has 1 amide bonds. The molecule has 0 radical (unpaired) electrons. The summed E-state index contributed by atoms with van der Waals surface area (Å²) in [4.78, 5) is 24.8. The molecule has 3 aromatic carbocycles. The van der Waals surface area contributed by atoms with Gasteiger partial charge in [0.1, 0.15) is 0 Å². The maximum absolute atomic E-state index is 13.3. The van der Waals surface area contributed by atoms with Crippen LogP contribution in [0.2, 0.25) is 5.02 Å². The smallest absolute Gasteiger partial charge is 0.337 e. The zero-order valence-electron chi connectivity index (χ0n) is 18.3. The molecule has 0 heterocycles. The topological polar surface area (TPSA) is 92.8 Å². The Kier molecular flexibility index (Phi) is 7.40. The monoisotopic (exact) mass is 486 g/mol. The number of ether oxygens (including phenoxy) is 1. The van der Waals surface area contributed by atoms with Gasteiger partial charge in [-0.2, -0.15) is 0 Å². The molecule has 3 aromatic rings. The molecule has 33 heavy (non-hydrogen) atoms. The lowest BCUT2D eigenvalue weighted by atomic mass is 10.1. The Morgan fingerprint density at radius 2 is 1.73 bits per heavy atom. The molecule has 172 valence electrons. The second-order valence-corrected chi connectivity index (χ2v) is 9.39. The van der Waals surface area contributed by atoms with Crippen molar-refractivity contribution in [1.29, 1.82) is 0 Å². The number of hydrogen-bond acceptors (Lipinski definition) is 5. The number of aryl methyl sites for hydroxylation is 1. The third-order valence-electron chi connectivity index (χ3n) is 5.01. The van der Waals surface area contributed by atoms with Crippen LogP contribution < -0.4 is 9.62 Å². The number of hydrogen-bond donors (Lipinski definition) is 1. The molecule has 0 bridgehead atoms. The Hall–Kier alpha value is -3.36. The first-order chi connectivity index (χ1) is 15.7. The number of esters is 1. The van der Waals surface area contributed by atoms with E-state index >= 15 is 0 Å². The van der Waals surface area contributed by atoms with E-state index in [9.17, 15) is 18.0 Å². The SMILES string of the molecule is CCN(c1ccccc1)S(=O)(=O)c1ccc(Cl)c(C(=O)Nc2cc(C(=O)OC)ccc2C)c1. The normalized spacial score (nSPS) is 11.0. The molecule has 9 heteroatoms. The Morgan fingerprint density at radius 3 is 2.36 bits per heavy atom. The first-order valence-corrected chi connectivity index (χ1v) is 11.9. The summed E-state index contributed by atoms with van der Waals surface area (Å²) in [5, 5.41) is 2.79. The van der Waals surface area contributed by atoms with Crippen molar-refractivity contribution in [3.8, 4) is 0 Å². The number of carbonyl (C=O) groups excluding carboxylic acids is 2. The third-order valence-corrected chi connectivity index (χ3v) is 7.24. The number of halogens is 1. The number of amides is 1. The van der Waals surface area contributed by atoms with Gasteiger partial charge in [-0.15, -0.1) is 0 Å². The summed E-state index contributed by atoms with van der Waals surface area (Å²) >= 11 is 6.24. The summed E-state index contributed by atoms with van der Waals surface area (Å²) in [7, 11) is -2.68. The van der Waals surface area contributed by atoms with Gasteiger partial charge in [-0.1, -0.05) is 35.9 Å². The standard InChI is InChI=1S/C24H23ClN2O5S/c1-4-27(18-8-6-5-7-9-18)33(30,31)19-12-13-21(25)20(15-19)23(28)26-22-14-17(24(29)32-3)11-10-16(22)2/h5-15H,4H2,1-3H3,(H,26,28). The molecule has 1 N–H and O–H groups in total. The average Bonchev–Trinajstić information content (AvgIpc) is 2.81. The molecule has 7 nitrogen and oxygen atoms in total. The zero-order chi connectivity index (χ0) is 24.2. The highest BCUT2D eigenvalue weighted by Gasteiger charge is 2.25. The van der Waals surface area contributed by atoms with Gasteiger partial charge in [0.05, 0.1) is 33.8 Å². The minimum absolute atomic E-state index is 0.00951. The van der Waals surface area contributed by atoms with Crippen LogP contribution in [0.1, 0.15) is 33.2 Å². The molecular formula is C24H23ClN2O5S. The van der Waals surface area contributed by atoms with Crippen LogP contribution >= 0.6 is 11.6 Å². The van der Waals surface area contributed by atoms with Gasteiger partial charge in [-0.05, 0) is 61.9 Å². The molecule has 0 saturated carbocycles. The predicted molar refractivity (Wildman–Crippen MR) is 129 cm³/mol. The van der Waals surface area contributed by atoms with Crippen molar-refractivity contribution in [1.82, 2.24) is 0 Å². The van der Waals surface area contributed by atoms with Crippen LogP contribution in [-0.2, 0) is 14.8 Å². The second-order valence-electron chi connectivity index (χ2n) is 7.12. The average molecular weight is 487 g/mol. The van der Waals surface area contributed by atoms with E-state index in [0.717, 1.165) is 0 Å². The van der Waals surface area contributed by atoms with E-state index in [1.165, 1.54) is 35.7 Å². The molecule has 0 fully saturated rings. The first kappa shape index (κ1) is 24.3. The number of benzene rings is 3. The van der Waals surface area contributed by atoms with Crippen molar-refractivity contribution < 1.29 is 22.7 Å². The number of para-hydroxylation sites is 1. The highest BCUT2D eigenvalue weighted by atomic mass is 35.5. The van der Waals surface area contributed by atoms with Crippen LogP contribution in [0.25, 0.3) is 0 Å². The van der Waals surface area contributed by atoms with Crippen molar-refractivity contribution in [3.63, 3.8) is 0 Å². The molecule has 0 unspecified atom stereocenters. The van der Waals surface area contributed by atoms with Crippen LogP contribution in [0.4, 0.5) is 11.4 Å². The van der Waals surface area contributed by atoms with Crippen LogP contribution in [0.5, 0.6) is 0 Å². The number of anilines is 2. The number of carbonyl (C=O) groups is 2. The Bertz CT molecular complexity index is 1290. The largest absolute Gasteiger partial charge is 0.465 e. The van der Waals surface area contributed by atoms with Crippen LogP contribution in [0, 0.1) is 6.92 Å². The van der Waals surface area contributed by atoms with Crippen LogP contribution in [0.15, 0.2) is 71.6 Å². The van der Waals surface area contributed by atoms with Gasteiger partial charge in [0.2, 0.25) is 0 Å². The van der Waals surface area contributed by atoms with Crippen LogP contribution in [0.3, 0.4) is 0 Å². The van der Waals surface area contributed by atoms with Gasteiger partial charge < -0.3 is 10.1 Å². The lowest BCUT2D eigenvalue weighted by Crippen LogP contribution is -2.31. The number of nitrogens with one attached hydrogen (secondary N) is 1. The first-order valence-electron chi connectivity index (χ1n) is 10.1. The Morgan fingerprint density at radius 1 is 1.03 bits per heavy atom. The lowest BCUT2D eigenvalue weighted by molar-refractivity contribution is 0.0600. The molecule has 0 spiro atoms. The molecule has 0 aliphatic rings. The van der Waals surface area contributed by atoms with Gasteiger partial charge in [-0.3, -0.25) is 9.10 Å². The summed E-state index contributed by atoms with van der Waals surface area (Å²) < 4.78 is 32.6. The molecule has 0 aromatic heterocycles. The predicted octanol–water partition coefficient (Wildman–Crippen LogP) is 4.90. The van der Waals surface area contributed by atoms with E-state index in [4.69, 9.17) is 16.3 Å². The van der Waals surface area contributed by atoms with E-state index < -0.39 is 21.9 Å². The van der Waals surface area contributed by atoms with Crippen molar-refractivity contribution in [3.05, 3.63) is 88.4 Å². The fourth-order valence-electron chi connectivity index (χ4n) is 3.24. The Labute approximate surface area is 198 Å². The van der Waals surface area contributed by atoms with E-state index in [0.29, 0.717) is 16.9 Å². The highest BCUT2D eigenvalue weighted by molar-refractivity contribution is 7.92. The maximum atomic E-state index is 13.3. The van der Waals surface area contributed by atoms with E-state index in [-0.39, 0.29) is 27.6 Å². The molecule has 0 atom stereocenters. The van der Waals surface area contributed by atoms with Gasteiger partial charge in [0, 0.05) is 12.2 Å². The Balaban J connectivity index is 1.96. The van der Waals surface area contributed by atoms with Crippen molar-refractivity contribution >= 4 is 44.9 Å². The molecular weight excluding hydrogens is 464 g/mol. The van der Waals surface area contributed by atoms with Crippen molar-refractivity contribution in [2.24, 2.45) is 0 Å². The number of rotatable bonds is 7. The fourth-order valence-corrected chi connectivity index (χ4v) is 4.95. The number of nitrogens with zero attached hydrogens (tertiary/aromatic N) is 1. The van der Waals surface area contributed by atoms with Crippen molar-refractivity contribution in [2.45, 2.75) is 18.7 Å². The maximum Gasteiger partial charge on any atom is 0.337 e. The molecule has 0 aliphatic heterocycles. The quantitative estimate of drug-likeness (QED) is 0.479. The van der Waals surface area contributed by atoms with E-state index in [1.54, 1.807) is 56.3 Å². The van der Waals surface area contributed by atoms with E-state index in [2.05, 4.69) is 5.32 Å². The minimum Gasteiger partial charge on any atom is -0.465 e. The van der Waals surface area contributed by atoms with Crippen molar-refractivity contribution in [2.75, 3.05) is 23.3 Å². The molecule has 0 saturated heterocycles. The van der Waals surface area contributed by atoms with Gasteiger partial charge in [-0.25, -0.2) is 13.2 Å². The van der Waals surface area contributed by atoms with Gasteiger partial charge in [0.15, 0.2) is 0 Å². The fraction of sp³-hybridized carbons (Fsp3) is 0.167. The number of methoxy groups -OCH3 is 1. The lowest BCUT2D eigenvalue weighted by Gasteiger charge is -2.23. The molecule has 3 rings (SSSR count). The second kappa shape index (κ2) is 10.1. The van der Waals surface area contributed by atoms with Gasteiger partial charge in [0.25, 0.3) is 15.9 Å². The summed E-state index contributed by atoms with van der Waals surface area (Å²) in [6.45, 7) is 3.69. The minimum atomic E-state index is -3.95. The summed E-state index contributed by atoms with van der Waals surface area (Å²) in [5.41, 5.74) is 1.85. The van der Waals surface area contributed by atoms with Gasteiger partial charge >= 0.3 is 5.97 Å². The highest BCUT2D eigenvalue weighted by Crippen LogP contribution is 2.28. The summed E-state index contributed by atoms with van der Waals surface area (Å²) in [6.07, 6.45) is 0. The molecule has 0 aliphatic carbocycles. The third kappa shape index (κ3) is 5.18. The summed E-state index contributed by atoms with van der Waals surface area (Å²) in [5.74, 6) is -1.15. The summed E-state index contributed by atoms with van der Waals surface area (Å²) in [6, 6.07) is 17.4. The van der Waals surface area contributed by atoms with E-state index in [1.807, 2.05) is 0 Å².